The molecular weight excluding hydrogens is 282 g/mol. The van der Waals surface area contributed by atoms with Crippen molar-refractivity contribution in [1.29, 1.82) is 0 Å². The lowest BCUT2D eigenvalue weighted by atomic mass is 10.0. The highest BCUT2D eigenvalue weighted by Crippen LogP contribution is 2.31. The first-order valence-electron chi connectivity index (χ1n) is 5.61. The number of carbonyl (C=O) groups excluding carboxylic acids is 1. The van der Waals surface area contributed by atoms with Crippen LogP contribution in [0.5, 0.6) is 0 Å². The molecule has 0 aliphatic carbocycles. The highest BCUT2D eigenvalue weighted by molar-refractivity contribution is 7.99. The van der Waals surface area contributed by atoms with Crippen LogP contribution < -0.4 is 5.32 Å². The van der Waals surface area contributed by atoms with Crippen molar-refractivity contribution in [2.75, 3.05) is 18.1 Å². The van der Waals surface area contributed by atoms with E-state index < -0.39 is 23.6 Å². The molecule has 1 atom stereocenters. The number of benzene rings is 1. The van der Waals surface area contributed by atoms with Crippen LogP contribution in [0.2, 0.25) is 0 Å². The van der Waals surface area contributed by atoms with Gasteiger partial charge in [0, 0.05) is 23.6 Å². The Morgan fingerprint density at radius 2 is 2.11 bits per heavy atom. The molecule has 2 rings (SSSR count). The van der Waals surface area contributed by atoms with E-state index in [2.05, 4.69) is 5.32 Å². The molecule has 0 aromatic heterocycles. The molecule has 1 N–H and O–H groups in total. The number of halogens is 4. The lowest BCUT2D eigenvalue weighted by molar-refractivity contribution is -0.140. The van der Waals surface area contributed by atoms with Crippen LogP contribution in [0.4, 0.5) is 17.6 Å². The Balaban J connectivity index is 2.22. The standard InChI is InChI=1S/C12H11F4NOS/c13-9-5-7(1-2-8(9)12(14,15)16)11(18)10-6-19-4-3-17-10/h1-2,5,10,17H,3-4,6H2. The molecule has 104 valence electrons. The van der Waals surface area contributed by atoms with E-state index in [1.165, 1.54) is 0 Å². The van der Waals surface area contributed by atoms with Gasteiger partial charge in [-0.05, 0) is 12.1 Å². The van der Waals surface area contributed by atoms with Gasteiger partial charge >= 0.3 is 6.18 Å². The van der Waals surface area contributed by atoms with Crippen molar-refractivity contribution in [2.45, 2.75) is 12.2 Å². The van der Waals surface area contributed by atoms with Crippen molar-refractivity contribution in [1.82, 2.24) is 5.32 Å². The Kier molecular flexibility index (Phi) is 4.15. The number of rotatable bonds is 2. The van der Waals surface area contributed by atoms with Gasteiger partial charge in [0.15, 0.2) is 5.78 Å². The number of alkyl halides is 3. The van der Waals surface area contributed by atoms with Crippen LogP contribution in [0.1, 0.15) is 15.9 Å². The zero-order chi connectivity index (χ0) is 14.0. The number of thioether (sulfide) groups is 1. The normalized spacial score (nSPS) is 20.3. The Hall–Kier alpha value is -1.08. The second kappa shape index (κ2) is 5.50. The van der Waals surface area contributed by atoms with E-state index in [1.54, 1.807) is 11.8 Å². The first kappa shape index (κ1) is 14.3. The summed E-state index contributed by atoms with van der Waals surface area (Å²) < 4.78 is 50.6. The van der Waals surface area contributed by atoms with Gasteiger partial charge in [0.2, 0.25) is 0 Å². The van der Waals surface area contributed by atoms with Crippen LogP contribution in [-0.4, -0.2) is 29.9 Å². The number of nitrogens with one attached hydrogen (secondary N) is 1. The van der Waals surface area contributed by atoms with Crippen LogP contribution in [0.25, 0.3) is 0 Å². The summed E-state index contributed by atoms with van der Waals surface area (Å²) in [7, 11) is 0. The predicted molar refractivity (Wildman–Crippen MR) is 64.8 cm³/mol. The van der Waals surface area contributed by atoms with Gasteiger partial charge < -0.3 is 5.32 Å². The van der Waals surface area contributed by atoms with Crippen LogP contribution in [0.3, 0.4) is 0 Å². The fraction of sp³-hybridized carbons (Fsp3) is 0.417. The van der Waals surface area contributed by atoms with Gasteiger partial charge in [-0.25, -0.2) is 4.39 Å². The van der Waals surface area contributed by atoms with Gasteiger partial charge in [-0.15, -0.1) is 0 Å². The highest BCUT2D eigenvalue weighted by Gasteiger charge is 2.34. The van der Waals surface area contributed by atoms with Crippen molar-refractivity contribution in [3.05, 3.63) is 35.1 Å². The Labute approximate surface area is 111 Å². The average molecular weight is 293 g/mol. The fourth-order valence-electron chi connectivity index (χ4n) is 1.83. The van der Waals surface area contributed by atoms with E-state index in [0.717, 1.165) is 11.8 Å². The zero-order valence-electron chi connectivity index (χ0n) is 9.76. The minimum atomic E-state index is -4.75. The summed E-state index contributed by atoms with van der Waals surface area (Å²) in [5.41, 5.74) is -1.39. The number of ketones is 1. The summed E-state index contributed by atoms with van der Waals surface area (Å²) in [6.07, 6.45) is -4.75. The van der Waals surface area contributed by atoms with Crippen LogP contribution >= 0.6 is 11.8 Å². The van der Waals surface area contributed by atoms with Gasteiger partial charge in [0.05, 0.1) is 11.6 Å². The molecular formula is C12H11F4NOS. The summed E-state index contributed by atoms with van der Waals surface area (Å²) in [5.74, 6) is -0.367. The van der Waals surface area contributed by atoms with E-state index in [4.69, 9.17) is 0 Å². The van der Waals surface area contributed by atoms with Crippen molar-refractivity contribution < 1.29 is 22.4 Å². The molecule has 0 amide bonds. The molecule has 0 radical (unpaired) electrons. The van der Waals surface area contributed by atoms with Crippen LogP contribution in [0.15, 0.2) is 18.2 Å². The van der Waals surface area contributed by atoms with E-state index in [9.17, 15) is 22.4 Å². The lowest BCUT2D eigenvalue weighted by Crippen LogP contribution is -2.43. The minimum Gasteiger partial charge on any atom is -0.306 e. The molecule has 0 spiro atoms. The number of hydrogen-bond acceptors (Lipinski definition) is 3. The first-order chi connectivity index (χ1) is 8.89. The summed E-state index contributed by atoms with van der Waals surface area (Å²) in [4.78, 5) is 12.0. The third kappa shape index (κ3) is 3.27. The van der Waals surface area contributed by atoms with E-state index in [0.29, 0.717) is 24.4 Å². The summed E-state index contributed by atoms with van der Waals surface area (Å²) >= 11 is 1.58. The number of Topliss-reactive ketones (excluding diaryl/α,β-unsaturated/α-hetero) is 1. The van der Waals surface area contributed by atoms with E-state index in [-0.39, 0.29) is 11.3 Å². The number of hydrogen-bond donors (Lipinski definition) is 1. The summed E-state index contributed by atoms with van der Waals surface area (Å²) in [5, 5.41) is 2.97. The smallest absolute Gasteiger partial charge is 0.306 e. The topological polar surface area (TPSA) is 29.1 Å². The second-order valence-corrected chi connectivity index (χ2v) is 5.29. The highest BCUT2D eigenvalue weighted by atomic mass is 32.2. The maximum atomic E-state index is 13.4. The maximum Gasteiger partial charge on any atom is 0.419 e. The molecule has 1 aliphatic rings. The van der Waals surface area contributed by atoms with Crippen LogP contribution in [-0.2, 0) is 6.18 Å². The Bertz CT molecular complexity index is 483. The van der Waals surface area contributed by atoms with Gasteiger partial charge in [0.25, 0.3) is 0 Å². The quantitative estimate of drug-likeness (QED) is 0.671. The molecule has 1 aromatic rings. The Morgan fingerprint density at radius 1 is 1.37 bits per heavy atom. The van der Waals surface area contributed by atoms with E-state index in [1.807, 2.05) is 0 Å². The van der Waals surface area contributed by atoms with Gasteiger partial charge in [-0.3, -0.25) is 4.79 Å². The van der Waals surface area contributed by atoms with Gasteiger partial charge in [0.1, 0.15) is 5.82 Å². The first-order valence-corrected chi connectivity index (χ1v) is 6.77. The molecule has 2 nitrogen and oxygen atoms in total. The zero-order valence-corrected chi connectivity index (χ0v) is 10.6. The SMILES string of the molecule is O=C(c1ccc(C(F)(F)F)c(F)c1)C1CSCCN1. The molecule has 0 saturated carbocycles. The Morgan fingerprint density at radius 3 is 2.63 bits per heavy atom. The third-order valence-electron chi connectivity index (χ3n) is 2.80. The monoisotopic (exact) mass is 293 g/mol. The average Bonchev–Trinajstić information content (AvgIpc) is 2.37. The molecule has 0 bridgehead atoms. The predicted octanol–water partition coefficient (Wildman–Crippen LogP) is 2.73. The van der Waals surface area contributed by atoms with Gasteiger partial charge in [-0.1, -0.05) is 6.07 Å². The second-order valence-electron chi connectivity index (χ2n) is 4.14. The largest absolute Gasteiger partial charge is 0.419 e. The molecule has 1 aliphatic heterocycles. The molecule has 19 heavy (non-hydrogen) atoms. The molecule has 1 unspecified atom stereocenters. The molecule has 1 saturated heterocycles. The van der Waals surface area contributed by atoms with Crippen molar-refractivity contribution in [2.24, 2.45) is 0 Å². The van der Waals surface area contributed by atoms with Crippen molar-refractivity contribution in [3.63, 3.8) is 0 Å². The minimum absolute atomic E-state index is 0.0366. The third-order valence-corrected chi connectivity index (χ3v) is 3.86. The van der Waals surface area contributed by atoms with E-state index >= 15 is 0 Å². The molecule has 1 fully saturated rings. The molecule has 7 heteroatoms. The van der Waals surface area contributed by atoms with Crippen LogP contribution in [0, 0.1) is 5.82 Å². The van der Waals surface area contributed by atoms with Crippen molar-refractivity contribution >= 4 is 17.5 Å². The summed E-state index contributed by atoms with van der Waals surface area (Å²) in [6.45, 7) is 0.657. The lowest BCUT2D eigenvalue weighted by Gasteiger charge is -2.22. The maximum absolute atomic E-state index is 13.4. The molecule has 1 heterocycles. The fourth-order valence-corrected chi connectivity index (χ4v) is 2.77. The number of carbonyl (C=O) groups is 1. The summed E-state index contributed by atoms with van der Waals surface area (Å²) in [6, 6.07) is 1.83. The molecule has 1 aromatic carbocycles. The van der Waals surface area contributed by atoms with Crippen molar-refractivity contribution in [3.8, 4) is 0 Å². The van der Waals surface area contributed by atoms with Gasteiger partial charge in [-0.2, -0.15) is 24.9 Å².